The monoisotopic (exact) mass is 239 g/mol. The zero-order valence-corrected chi connectivity index (χ0v) is 10.6. The number of amides is 1. The molecule has 0 atom stereocenters. The lowest BCUT2D eigenvalue weighted by Crippen LogP contribution is -2.49. The maximum atomic E-state index is 11.5. The first-order valence-corrected chi connectivity index (χ1v) is 5.93. The third-order valence-corrected chi connectivity index (χ3v) is 3.16. The van der Waals surface area contributed by atoms with Gasteiger partial charge in [0.05, 0.1) is 5.54 Å². The van der Waals surface area contributed by atoms with Gasteiger partial charge in [0.2, 0.25) is 5.91 Å². The second-order valence-corrected chi connectivity index (χ2v) is 4.84. The molecule has 14 heavy (non-hydrogen) atoms. The summed E-state index contributed by atoms with van der Waals surface area (Å²) in [5.41, 5.74) is -0.475. The number of hydrogen-bond acceptors (Lipinski definition) is 1. The Balaban J connectivity index is 3.92. The van der Waals surface area contributed by atoms with Gasteiger partial charge in [-0.1, -0.05) is 13.8 Å². The molecule has 0 radical (unpaired) electrons. The highest BCUT2D eigenvalue weighted by atomic mass is 35.5. The van der Waals surface area contributed by atoms with Gasteiger partial charge in [-0.2, -0.15) is 0 Å². The van der Waals surface area contributed by atoms with Gasteiger partial charge < -0.3 is 5.32 Å². The molecule has 0 aliphatic heterocycles. The number of rotatable bonds is 6. The van der Waals surface area contributed by atoms with Crippen molar-refractivity contribution in [3.8, 4) is 0 Å². The second-order valence-electron chi connectivity index (χ2n) is 4.31. The van der Waals surface area contributed by atoms with Crippen molar-refractivity contribution in [2.45, 2.75) is 39.2 Å². The summed E-state index contributed by atoms with van der Waals surface area (Å²) in [4.78, 5) is 11.5. The number of alkyl halides is 2. The summed E-state index contributed by atoms with van der Waals surface area (Å²) in [5.74, 6) is 1.25. The van der Waals surface area contributed by atoms with Gasteiger partial charge in [0.25, 0.3) is 0 Å². The molecule has 0 saturated heterocycles. The van der Waals surface area contributed by atoms with E-state index in [0.29, 0.717) is 24.1 Å². The average molecular weight is 240 g/mol. The summed E-state index contributed by atoms with van der Waals surface area (Å²) in [5, 5.41) is 2.85. The van der Waals surface area contributed by atoms with Crippen LogP contribution in [0.5, 0.6) is 0 Å². The van der Waals surface area contributed by atoms with Crippen molar-refractivity contribution in [2.24, 2.45) is 5.92 Å². The fourth-order valence-corrected chi connectivity index (χ4v) is 1.34. The Labute approximate surface area is 96.3 Å². The predicted octanol–water partition coefficient (Wildman–Crippen LogP) is 2.78. The Kier molecular flexibility index (Phi) is 6.54. The summed E-state index contributed by atoms with van der Waals surface area (Å²) in [6, 6.07) is 0. The van der Waals surface area contributed by atoms with E-state index in [4.69, 9.17) is 23.2 Å². The molecule has 0 unspecified atom stereocenters. The zero-order valence-electron chi connectivity index (χ0n) is 9.07. The van der Waals surface area contributed by atoms with Gasteiger partial charge >= 0.3 is 0 Å². The van der Waals surface area contributed by atoms with Crippen LogP contribution in [0.25, 0.3) is 0 Å². The molecule has 0 aliphatic carbocycles. The molecule has 0 bridgehead atoms. The Morgan fingerprint density at radius 1 is 1.36 bits per heavy atom. The van der Waals surface area contributed by atoms with Crippen molar-refractivity contribution in [3.05, 3.63) is 0 Å². The lowest BCUT2D eigenvalue weighted by molar-refractivity contribution is -0.122. The molecule has 0 aromatic rings. The van der Waals surface area contributed by atoms with Crippen molar-refractivity contribution in [1.82, 2.24) is 5.32 Å². The van der Waals surface area contributed by atoms with Crippen molar-refractivity contribution >= 4 is 29.1 Å². The Morgan fingerprint density at radius 2 is 1.86 bits per heavy atom. The van der Waals surface area contributed by atoms with Gasteiger partial charge in [-0.15, -0.1) is 23.2 Å². The summed E-state index contributed by atoms with van der Waals surface area (Å²) in [7, 11) is 0. The first-order valence-electron chi connectivity index (χ1n) is 4.86. The maximum Gasteiger partial charge on any atom is 0.220 e. The highest BCUT2D eigenvalue weighted by Gasteiger charge is 2.23. The standard InChI is InChI=1S/C10H19Cl2NO/c1-8(2)4-5-9(14)13-10(3,6-11)7-12/h8H,4-7H2,1-3H3,(H,13,14). The molecule has 0 fully saturated rings. The summed E-state index contributed by atoms with van der Waals surface area (Å²) in [6.45, 7) is 6.03. The molecule has 84 valence electrons. The highest BCUT2D eigenvalue weighted by molar-refractivity contribution is 6.22. The van der Waals surface area contributed by atoms with E-state index in [2.05, 4.69) is 19.2 Å². The number of nitrogens with one attached hydrogen (secondary N) is 1. The fraction of sp³-hybridized carbons (Fsp3) is 0.900. The quantitative estimate of drug-likeness (QED) is 0.710. The average Bonchev–Trinajstić information content (AvgIpc) is 2.14. The molecule has 0 aromatic heterocycles. The number of carbonyl (C=O) groups excluding carboxylic acids is 1. The van der Waals surface area contributed by atoms with E-state index < -0.39 is 5.54 Å². The molecular weight excluding hydrogens is 221 g/mol. The van der Waals surface area contributed by atoms with Crippen LogP contribution in [0.15, 0.2) is 0 Å². The fourth-order valence-electron chi connectivity index (χ4n) is 0.921. The molecule has 1 N–H and O–H groups in total. The van der Waals surface area contributed by atoms with Crippen molar-refractivity contribution in [2.75, 3.05) is 11.8 Å². The van der Waals surface area contributed by atoms with Crippen LogP contribution >= 0.6 is 23.2 Å². The van der Waals surface area contributed by atoms with E-state index in [1.165, 1.54) is 0 Å². The Morgan fingerprint density at radius 3 is 2.21 bits per heavy atom. The summed E-state index contributed by atoms with van der Waals surface area (Å²) >= 11 is 11.4. The molecule has 0 aromatic carbocycles. The van der Waals surface area contributed by atoms with Crippen molar-refractivity contribution < 1.29 is 4.79 Å². The van der Waals surface area contributed by atoms with Gasteiger partial charge in [-0.25, -0.2) is 0 Å². The molecule has 0 saturated carbocycles. The summed E-state index contributed by atoms with van der Waals surface area (Å²) < 4.78 is 0. The largest absolute Gasteiger partial charge is 0.349 e. The van der Waals surface area contributed by atoms with E-state index in [9.17, 15) is 4.79 Å². The molecule has 0 spiro atoms. The topological polar surface area (TPSA) is 29.1 Å². The molecule has 0 aliphatic rings. The molecular formula is C10H19Cl2NO. The smallest absolute Gasteiger partial charge is 0.220 e. The van der Waals surface area contributed by atoms with Gasteiger partial charge in [0.1, 0.15) is 0 Å². The van der Waals surface area contributed by atoms with Crippen LogP contribution in [0.3, 0.4) is 0 Å². The predicted molar refractivity (Wildman–Crippen MR) is 62.1 cm³/mol. The van der Waals surface area contributed by atoms with E-state index in [0.717, 1.165) is 6.42 Å². The minimum atomic E-state index is -0.475. The number of hydrogen-bond donors (Lipinski definition) is 1. The van der Waals surface area contributed by atoms with Crippen molar-refractivity contribution in [1.29, 1.82) is 0 Å². The number of carbonyl (C=O) groups is 1. The third-order valence-electron chi connectivity index (χ3n) is 1.98. The van der Waals surface area contributed by atoms with Crippen LogP contribution in [0.1, 0.15) is 33.6 Å². The van der Waals surface area contributed by atoms with Gasteiger partial charge in [0, 0.05) is 18.2 Å². The van der Waals surface area contributed by atoms with Crippen molar-refractivity contribution in [3.63, 3.8) is 0 Å². The molecule has 0 rings (SSSR count). The van der Waals surface area contributed by atoms with Crippen LogP contribution in [0, 0.1) is 5.92 Å². The first kappa shape index (κ1) is 14.1. The minimum absolute atomic E-state index is 0.0301. The molecule has 1 amide bonds. The third kappa shape index (κ3) is 5.71. The molecule has 4 heteroatoms. The SMILES string of the molecule is CC(C)CCC(=O)NC(C)(CCl)CCl. The Hall–Kier alpha value is 0.0500. The number of halogens is 2. The van der Waals surface area contributed by atoms with Crippen LogP contribution < -0.4 is 5.32 Å². The van der Waals surface area contributed by atoms with Gasteiger partial charge in [-0.3, -0.25) is 4.79 Å². The molecule has 2 nitrogen and oxygen atoms in total. The van der Waals surface area contributed by atoms with Crippen LogP contribution in [-0.4, -0.2) is 23.2 Å². The van der Waals surface area contributed by atoms with Gasteiger partial charge in [0.15, 0.2) is 0 Å². The van der Waals surface area contributed by atoms with E-state index in [1.54, 1.807) is 0 Å². The zero-order chi connectivity index (χ0) is 11.2. The lowest BCUT2D eigenvalue weighted by Gasteiger charge is -2.26. The van der Waals surface area contributed by atoms with E-state index in [1.807, 2.05) is 6.92 Å². The Bertz CT molecular complexity index is 179. The van der Waals surface area contributed by atoms with Crippen LogP contribution in [-0.2, 0) is 4.79 Å². The van der Waals surface area contributed by atoms with Crippen LogP contribution in [0.2, 0.25) is 0 Å². The molecule has 0 heterocycles. The second kappa shape index (κ2) is 6.52. The normalized spacial score (nSPS) is 11.9. The van der Waals surface area contributed by atoms with Crippen LogP contribution in [0.4, 0.5) is 0 Å². The highest BCUT2D eigenvalue weighted by Crippen LogP contribution is 2.10. The maximum absolute atomic E-state index is 11.5. The lowest BCUT2D eigenvalue weighted by atomic mass is 10.1. The van der Waals surface area contributed by atoms with E-state index >= 15 is 0 Å². The minimum Gasteiger partial charge on any atom is -0.349 e. The first-order chi connectivity index (χ1) is 6.43. The summed E-state index contributed by atoms with van der Waals surface area (Å²) in [6.07, 6.45) is 1.44. The van der Waals surface area contributed by atoms with Gasteiger partial charge in [-0.05, 0) is 19.3 Å². The van der Waals surface area contributed by atoms with E-state index in [-0.39, 0.29) is 5.91 Å².